The first-order valence-electron chi connectivity index (χ1n) is 12.7. The molecular weight excluding hydrogens is 529 g/mol. The highest BCUT2D eigenvalue weighted by molar-refractivity contribution is 5.73. The Labute approximate surface area is 229 Å². The zero-order valence-corrected chi connectivity index (χ0v) is 21.6. The van der Waals surface area contributed by atoms with E-state index in [1.54, 1.807) is 12.3 Å². The number of anilines is 1. The maximum atomic E-state index is 10.6. The van der Waals surface area contributed by atoms with Gasteiger partial charge in [0.25, 0.3) is 0 Å². The van der Waals surface area contributed by atoms with E-state index < -0.39 is 12.1 Å². The molecule has 2 aromatic heterocycles. The van der Waals surface area contributed by atoms with E-state index in [0.29, 0.717) is 25.3 Å². The summed E-state index contributed by atoms with van der Waals surface area (Å²) >= 11 is 0. The summed E-state index contributed by atoms with van der Waals surface area (Å²) in [6.45, 7) is 4.39. The highest BCUT2D eigenvalue weighted by Gasteiger charge is 2.43. The van der Waals surface area contributed by atoms with Crippen LogP contribution in [0.1, 0.15) is 24.2 Å². The van der Waals surface area contributed by atoms with Crippen LogP contribution in [0.15, 0.2) is 65.2 Å². The summed E-state index contributed by atoms with van der Waals surface area (Å²) in [6.07, 6.45) is -1.48. The van der Waals surface area contributed by atoms with Gasteiger partial charge in [-0.1, -0.05) is 30.3 Å². The molecule has 2 aliphatic heterocycles. The van der Waals surface area contributed by atoms with Crippen LogP contribution in [0.2, 0.25) is 0 Å². The van der Waals surface area contributed by atoms with Gasteiger partial charge in [0.1, 0.15) is 29.0 Å². The number of hydrogen-bond donors (Lipinski definition) is 2. The molecule has 2 saturated heterocycles. The van der Waals surface area contributed by atoms with Crippen LogP contribution in [0.3, 0.4) is 0 Å². The molecule has 1 spiro atoms. The number of aromatic nitrogens is 1. The van der Waals surface area contributed by atoms with Crippen molar-refractivity contribution in [2.75, 3.05) is 38.2 Å². The molecule has 2 fully saturated rings. The molecule has 2 N–H and O–H groups in total. The van der Waals surface area contributed by atoms with Crippen LogP contribution < -0.4 is 5.32 Å². The molecule has 0 radical (unpaired) electrons. The number of carboxylic acids is 1. The summed E-state index contributed by atoms with van der Waals surface area (Å²) in [6, 6.07) is 20.0. The molecule has 2 atom stereocenters. The number of hydrogen-bond acceptors (Lipinski definition) is 8. The van der Waals surface area contributed by atoms with Crippen molar-refractivity contribution in [2.45, 2.75) is 37.3 Å². The molecule has 40 heavy (non-hydrogen) atoms. The molecule has 5 rings (SSSR count). The van der Waals surface area contributed by atoms with Crippen LogP contribution in [0.5, 0.6) is 0 Å². The van der Waals surface area contributed by atoms with Crippen molar-refractivity contribution >= 4 is 11.8 Å². The highest BCUT2D eigenvalue weighted by atomic mass is 19.4. The lowest BCUT2D eigenvalue weighted by molar-refractivity contribution is -0.192. The number of benzene rings is 1. The number of alkyl halides is 3. The average Bonchev–Trinajstić information content (AvgIpc) is 3.52. The predicted molar refractivity (Wildman–Crippen MR) is 138 cm³/mol. The first-order valence-corrected chi connectivity index (χ1v) is 12.7. The van der Waals surface area contributed by atoms with E-state index in [1.807, 2.05) is 30.3 Å². The van der Waals surface area contributed by atoms with Crippen LogP contribution >= 0.6 is 0 Å². The number of aliphatic carboxylic acids is 1. The van der Waals surface area contributed by atoms with Crippen molar-refractivity contribution in [1.29, 1.82) is 5.26 Å². The van der Waals surface area contributed by atoms with E-state index in [1.165, 1.54) is 0 Å². The van der Waals surface area contributed by atoms with Crippen LogP contribution in [0.4, 0.5) is 19.0 Å². The zero-order valence-electron chi connectivity index (χ0n) is 21.6. The summed E-state index contributed by atoms with van der Waals surface area (Å²) in [7, 11) is 0. The first-order chi connectivity index (χ1) is 19.2. The fourth-order valence-corrected chi connectivity index (χ4v) is 4.60. The topological polar surface area (TPSA) is 121 Å². The summed E-state index contributed by atoms with van der Waals surface area (Å²) in [4.78, 5) is 15.5. The lowest BCUT2D eigenvalue weighted by Crippen LogP contribution is -2.44. The SMILES string of the molecule is N#Cc1ccc(NC[C@H]2CC[C@@]3(COCCN(Cc4ccc(-c5ccccc5)o4)C3)O2)nc1.O=C(O)C(F)(F)F. The molecule has 4 heterocycles. The Kier molecular flexibility index (Phi) is 9.42. The van der Waals surface area contributed by atoms with Crippen LogP contribution in [-0.2, 0) is 20.8 Å². The number of nitriles is 1. The fourth-order valence-electron chi connectivity index (χ4n) is 4.60. The molecule has 2 aliphatic rings. The van der Waals surface area contributed by atoms with Gasteiger partial charge in [-0.2, -0.15) is 18.4 Å². The lowest BCUT2D eigenvalue weighted by Gasteiger charge is -2.31. The van der Waals surface area contributed by atoms with Gasteiger partial charge in [0.05, 0.1) is 31.4 Å². The normalized spacial score (nSPS) is 21.2. The summed E-state index contributed by atoms with van der Waals surface area (Å²) in [5.41, 5.74) is 1.35. The Morgan fingerprint density at radius 3 is 2.65 bits per heavy atom. The summed E-state index contributed by atoms with van der Waals surface area (Å²) in [5, 5.41) is 19.4. The van der Waals surface area contributed by atoms with Crippen molar-refractivity contribution in [3.05, 3.63) is 72.1 Å². The second kappa shape index (κ2) is 13.0. The number of ether oxygens (including phenoxy) is 2. The highest BCUT2D eigenvalue weighted by Crippen LogP contribution is 2.34. The van der Waals surface area contributed by atoms with Gasteiger partial charge in [-0.05, 0) is 37.1 Å². The van der Waals surface area contributed by atoms with Crippen molar-refractivity contribution in [2.24, 2.45) is 0 Å². The largest absolute Gasteiger partial charge is 0.490 e. The third kappa shape index (κ3) is 8.05. The number of rotatable bonds is 6. The Hall–Kier alpha value is -3.92. The van der Waals surface area contributed by atoms with E-state index in [4.69, 9.17) is 29.1 Å². The number of carbonyl (C=O) groups is 1. The number of pyridine rings is 1. The van der Waals surface area contributed by atoms with E-state index in [2.05, 4.69) is 39.5 Å². The molecule has 0 saturated carbocycles. The number of nitrogens with zero attached hydrogens (tertiary/aromatic N) is 3. The maximum absolute atomic E-state index is 10.6. The minimum atomic E-state index is -5.08. The lowest BCUT2D eigenvalue weighted by atomic mass is 10.00. The van der Waals surface area contributed by atoms with Gasteiger partial charge in [-0.25, -0.2) is 9.78 Å². The van der Waals surface area contributed by atoms with Gasteiger partial charge in [0.15, 0.2) is 0 Å². The van der Waals surface area contributed by atoms with Crippen LogP contribution in [-0.4, -0.2) is 71.7 Å². The Morgan fingerprint density at radius 2 is 1.98 bits per heavy atom. The molecule has 212 valence electrons. The number of carboxylic acid groups (broad SMARTS) is 1. The van der Waals surface area contributed by atoms with Crippen molar-refractivity contribution in [3.63, 3.8) is 0 Å². The monoisotopic (exact) mass is 558 g/mol. The van der Waals surface area contributed by atoms with E-state index in [0.717, 1.165) is 55.4 Å². The summed E-state index contributed by atoms with van der Waals surface area (Å²) < 4.78 is 50.4. The third-order valence-corrected chi connectivity index (χ3v) is 6.51. The van der Waals surface area contributed by atoms with Crippen molar-refractivity contribution in [1.82, 2.24) is 9.88 Å². The predicted octanol–water partition coefficient (Wildman–Crippen LogP) is 4.71. The zero-order chi connectivity index (χ0) is 28.6. The summed E-state index contributed by atoms with van der Waals surface area (Å²) in [5.74, 6) is -0.156. The quantitative estimate of drug-likeness (QED) is 0.443. The number of nitrogens with one attached hydrogen (secondary N) is 1. The van der Waals surface area contributed by atoms with Crippen molar-refractivity contribution < 1.29 is 37.0 Å². The maximum Gasteiger partial charge on any atom is 0.490 e. The Bertz CT molecular complexity index is 1290. The van der Waals surface area contributed by atoms with Gasteiger partial charge in [0, 0.05) is 31.4 Å². The minimum absolute atomic E-state index is 0.0966. The molecule has 0 bridgehead atoms. The van der Waals surface area contributed by atoms with E-state index >= 15 is 0 Å². The van der Waals surface area contributed by atoms with Crippen molar-refractivity contribution in [3.8, 4) is 17.4 Å². The smallest absolute Gasteiger partial charge is 0.475 e. The van der Waals surface area contributed by atoms with Gasteiger partial charge in [-0.3, -0.25) is 4.90 Å². The molecule has 0 unspecified atom stereocenters. The average molecular weight is 559 g/mol. The molecular formula is C28H29F3N4O5. The van der Waals surface area contributed by atoms with Crippen LogP contribution in [0, 0.1) is 11.3 Å². The fraction of sp³-hybridized carbons (Fsp3) is 0.393. The molecule has 1 aromatic carbocycles. The molecule has 12 heteroatoms. The van der Waals surface area contributed by atoms with Gasteiger partial charge >= 0.3 is 12.1 Å². The first kappa shape index (κ1) is 29.1. The molecule has 9 nitrogen and oxygen atoms in total. The third-order valence-electron chi connectivity index (χ3n) is 6.51. The Morgan fingerprint density at radius 1 is 1.20 bits per heavy atom. The van der Waals surface area contributed by atoms with Crippen LogP contribution in [0.25, 0.3) is 11.3 Å². The standard InChI is InChI=1S/C26H28N4O3.C2HF3O2/c27-14-20-6-9-25(28-15-20)29-16-22-10-11-26(33-22)18-30(12-13-31-19-26)17-23-7-8-24(32-23)21-4-2-1-3-5-21;3-2(4,5)1(6)7/h1-9,15,22H,10-13,16-19H2,(H,28,29);(H,6,7)/t22-,26-;/m1./s1. The van der Waals surface area contributed by atoms with Gasteiger partial charge in [0.2, 0.25) is 0 Å². The Balaban J connectivity index is 0.000000470. The van der Waals surface area contributed by atoms with Gasteiger partial charge < -0.3 is 24.3 Å². The minimum Gasteiger partial charge on any atom is -0.475 e. The molecule has 0 aliphatic carbocycles. The second-order valence-electron chi connectivity index (χ2n) is 9.58. The van der Waals surface area contributed by atoms with Gasteiger partial charge in [-0.15, -0.1) is 0 Å². The van der Waals surface area contributed by atoms with E-state index in [-0.39, 0.29) is 11.7 Å². The molecule has 3 aromatic rings. The number of furan rings is 1. The molecule has 0 amide bonds. The van der Waals surface area contributed by atoms with E-state index in [9.17, 15) is 13.2 Å². The second-order valence-corrected chi connectivity index (χ2v) is 9.58. The number of halogens is 3.